The Kier molecular flexibility index (Phi) is 2.26. The van der Waals surface area contributed by atoms with Crippen molar-refractivity contribution in [2.75, 3.05) is 13.1 Å². The van der Waals surface area contributed by atoms with Gasteiger partial charge in [0.15, 0.2) is 0 Å². The Hall–Kier alpha value is -0.610. The molecule has 1 aliphatic heterocycles. The summed E-state index contributed by atoms with van der Waals surface area (Å²) in [5.41, 5.74) is 0. The molecule has 4 nitrogen and oxygen atoms in total. The Morgan fingerprint density at radius 2 is 2.08 bits per heavy atom. The lowest BCUT2D eigenvalue weighted by Gasteiger charge is -2.41. The van der Waals surface area contributed by atoms with Gasteiger partial charge in [-0.25, -0.2) is 0 Å². The predicted octanol–water partition coefficient (Wildman–Crippen LogP) is -0.0838. The Balaban J connectivity index is 1.86. The molecule has 0 spiro atoms. The summed E-state index contributed by atoms with van der Waals surface area (Å²) in [5, 5.41) is 17.8. The summed E-state index contributed by atoms with van der Waals surface area (Å²) in [6.07, 6.45) is 2.32. The van der Waals surface area contributed by atoms with E-state index in [0.717, 1.165) is 12.8 Å². The fraction of sp³-hybridized carbons (Fsp3) is 0.889. The number of carbonyl (C=O) groups is 1. The van der Waals surface area contributed by atoms with Crippen LogP contribution in [0, 0.1) is 5.92 Å². The molecule has 0 radical (unpaired) electrons. The molecule has 1 atom stereocenters. The van der Waals surface area contributed by atoms with Gasteiger partial charge in [0.2, 0.25) is 0 Å². The zero-order valence-corrected chi connectivity index (χ0v) is 7.52. The summed E-state index contributed by atoms with van der Waals surface area (Å²) in [6, 6.07) is 0.181. The number of likely N-dealkylation sites (tertiary alicyclic amines) is 1. The third-order valence-corrected chi connectivity index (χ3v) is 2.91. The van der Waals surface area contributed by atoms with E-state index in [4.69, 9.17) is 10.2 Å². The van der Waals surface area contributed by atoms with E-state index < -0.39 is 5.97 Å². The Morgan fingerprint density at radius 3 is 2.46 bits per heavy atom. The predicted molar refractivity (Wildman–Crippen MR) is 46.3 cm³/mol. The molecule has 0 amide bonds. The van der Waals surface area contributed by atoms with Gasteiger partial charge in [-0.3, -0.25) is 9.69 Å². The standard InChI is InChI=1S/C9H15NO3/c11-7-4-10(5-7)8(3-9(12)13)6-1-2-6/h6-8,11H,1-5H2,(H,12,13). The van der Waals surface area contributed by atoms with Gasteiger partial charge in [0, 0.05) is 19.1 Å². The highest BCUT2D eigenvalue weighted by atomic mass is 16.4. The van der Waals surface area contributed by atoms with Gasteiger partial charge in [-0.1, -0.05) is 0 Å². The maximum absolute atomic E-state index is 10.6. The molecule has 2 aliphatic rings. The van der Waals surface area contributed by atoms with E-state index in [9.17, 15) is 4.79 Å². The van der Waals surface area contributed by atoms with Crippen molar-refractivity contribution in [2.24, 2.45) is 5.92 Å². The van der Waals surface area contributed by atoms with Gasteiger partial charge in [0.1, 0.15) is 0 Å². The SMILES string of the molecule is O=C(O)CC(C1CC1)N1CC(O)C1. The molecule has 0 aromatic carbocycles. The van der Waals surface area contributed by atoms with E-state index in [1.54, 1.807) is 0 Å². The highest BCUT2D eigenvalue weighted by Crippen LogP contribution is 2.38. The summed E-state index contributed by atoms with van der Waals surface area (Å²) in [4.78, 5) is 12.7. The van der Waals surface area contributed by atoms with Crippen molar-refractivity contribution in [3.8, 4) is 0 Å². The Bertz CT molecular complexity index is 209. The molecule has 13 heavy (non-hydrogen) atoms. The van der Waals surface area contributed by atoms with E-state index in [-0.39, 0.29) is 18.6 Å². The summed E-state index contributed by atoms with van der Waals surface area (Å²) < 4.78 is 0. The zero-order valence-electron chi connectivity index (χ0n) is 7.52. The average Bonchev–Trinajstić information content (AvgIpc) is 2.76. The maximum Gasteiger partial charge on any atom is 0.304 e. The molecule has 1 saturated carbocycles. The first-order valence-corrected chi connectivity index (χ1v) is 4.80. The number of aliphatic carboxylic acids is 1. The lowest BCUT2D eigenvalue weighted by molar-refractivity contribution is -0.140. The van der Waals surface area contributed by atoms with Crippen molar-refractivity contribution >= 4 is 5.97 Å². The number of rotatable bonds is 4. The molecular weight excluding hydrogens is 170 g/mol. The highest BCUT2D eigenvalue weighted by molar-refractivity contribution is 5.67. The molecule has 74 valence electrons. The molecule has 2 N–H and O–H groups in total. The van der Waals surface area contributed by atoms with Crippen LogP contribution in [0.4, 0.5) is 0 Å². The molecule has 0 aromatic rings. The molecule has 0 bridgehead atoms. The van der Waals surface area contributed by atoms with Crippen molar-refractivity contribution in [3.05, 3.63) is 0 Å². The number of carboxylic acid groups (broad SMARTS) is 1. The molecule has 0 aromatic heterocycles. The second kappa shape index (κ2) is 3.27. The lowest BCUT2D eigenvalue weighted by atomic mass is 10.0. The van der Waals surface area contributed by atoms with Crippen molar-refractivity contribution in [1.82, 2.24) is 4.90 Å². The minimum Gasteiger partial charge on any atom is -0.481 e. The van der Waals surface area contributed by atoms with Gasteiger partial charge < -0.3 is 10.2 Å². The van der Waals surface area contributed by atoms with Crippen LogP contribution in [-0.4, -0.2) is 46.3 Å². The number of β-amino-alcohol motifs (C(OH)–C–C–N with tert-alkyl or cyclic N) is 1. The highest BCUT2D eigenvalue weighted by Gasteiger charge is 2.41. The monoisotopic (exact) mass is 185 g/mol. The van der Waals surface area contributed by atoms with Gasteiger partial charge in [-0.2, -0.15) is 0 Å². The second-order valence-corrected chi connectivity index (χ2v) is 4.11. The van der Waals surface area contributed by atoms with E-state index in [1.165, 1.54) is 0 Å². The molecule has 1 aliphatic carbocycles. The van der Waals surface area contributed by atoms with Crippen LogP contribution < -0.4 is 0 Å². The van der Waals surface area contributed by atoms with Gasteiger partial charge in [0.25, 0.3) is 0 Å². The van der Waals surface area contributed by atoms with Crippen LogP contribution in [0.1, 0.15) is 19.3 Å². The topological polar surface area (TPSA) is 60.8 Å². The van der Waals surface area contributed by atoms with E-state index in [2.05, 4.69) is 4.90 Å². The zero-order chi connectivity index (χ0) is 9.42. The quantitative estimate of drug-likeness (QED) is 0.643. The maximum atomic E-state index is 10.6. The van der Waals surface area contributed by atoms with Crippen LogP contribution in [0.2, 0.25) is 0 Å². The van der Waals surface area contributed by atoms with Crippen LogP contribution in [0.15, 0.2) is 0 Å². The van der Waals surface area contributed by atoms with Crippen LogP contribution in [0.25, 0.3) is 0 Å². The first kappa shape index (κ1) is 8.97. The van der Waals surface area contributed by atoms with Crippen molar-refractivity contribution in [2.45, 2.75) is 31.4 Å². The van der Waals surface area contributed by atoms with Gasteiger partial charge in [-0.15, -0.1) is 0 Å². The summed E-state index contributed by atoms with van der Waals surface area (Å²) in [6.45, 7) is 1.32. The van der Waals surface area contributed by atoms with Crippen molar-refractivity contribution in [3.63, 3.8) is 0 Å². The minimum atomic E-state index is -0.724. The number of aliphatic hydroxyl groups is 1. The first-order chi connectivity index (χ1) is 6.16. The number of hydrogen-bond donors (Lipinski definition) is 2. The molecule has 4 heteroatoms. The molecule has 2 rings (SSSR count). The van der Waals surface area contributed by atoms with Crippen molar-refractivity contribution in [1.29, 1.82) is 0 Å². The van der Waals surface area contributed by atoms with Crippen LogP contribution in [0.5, 0.6) is 0 Å². The molecule has 2 fully saturated rings. The van der Waals surface area contributed by atoms with Crippen LogP contribution in [0.3, 0.4) is 0 Å². The fourth-order valence-corrected chi connectivity index (χ4v) is 2.01. The third kappa shape index (κ3) is 2.00. The molecule has 1 saturated heterocycles. The van der Waals surface area contributed by atoms with E-state index in [0.29, 0.717) is 19.0 Å². The molecular formula is C9H15NO3. The summed E-state index contributed by atoms with van der Waals surface area (Å²) >= 11 is 0. The van der Waals surface area contributed by atoms with E-state index >= 15 is 0 Å². The third-order valence-electron chi connectivity index (χ3n) is 2.91. The number of aliphatic hydroxyl groups excluding tert-OH is 1. The van der Waals surface area contributed by atoms with Crippen LogP contribution in [-0.2, 0) is 4.79 Å². The van der Waals surface area contributed by atoms with Gasteiger partial charge in [-0.05, 0) is 18.8 Å². The first-order valence-electron chi connectivity index (χ1n) is 4.80. The Labute approximate surface area is 77.2 Å². The smallest absolute Gasteiger partial charge is 0.304 e. The largest absolute Gasteiger partial charge is 0.481 e. The number of hydrogen-bond acceptors (Lipinski definition) is 3. The molecule has 1 heterocycles. The van der Waals surface area contributed by atoms with E-state index in [1.807, 2.05) is 0 Å². The second-order valence-electron chi connectivity index (χ2n) is 4.11. The van der Waals surface area contributed by atoms with Crippen molar-refractivity contribution < 1.29 is 15.0 Å². The number of carboxylic acids is 1. The molecule has 1 unspecified atom stereocenters. The summed E-state index contributed by atoms with van der Waals surface area (Å²) in [7, 11) is 0. The number of nitrogens with zero attached hydrogens (tertiary/aromatic N) is 1. The average molecular weight is 185 g/mol. The van der Waals surface area contributed by atoms with Gasteiger partial charge >= 0.3 is 5.97 Å². The normalized spacial score (nSPS) is 26.8. The fourth-order valence-electron chi connectivity index (χ4n) is 2.01. The van der Waals surface area contributed by atoms with Crippen LogP contribution >= 0.6 is 0 Å². The summed E-state index contributed by atoms with van der Waals surface area (Å²) in [5.74, 6) is -0.151. The van der Waals surface area contributed by atoms with Gasteiger partial charge in [0.05, 0.1) is 12.5 Å². The lowest BCUT2D eigenvalue weighted by Crippen LogP contribution is -2.56. The minimum absolute atomic E-state index is 0.181. The Morgan fingerprint density at radius 1 is 1.46 bits per heavy atom.